The van der Waals surface area contributed by atoms with Crippen molar-refractivity contribution in [3.8, 4) is 0 Å². The highest BCUT2D eigenvalue weighted by Gasteiger charge is 2.47. The molecule has 5 atom stereocenters. The number of hydrogen-bond donors (Lipinski definition) is 7. The minimum Gasteiger partial charge on any atom is -0.387 e. The van der Waals surface area contributed by atoms with Crippen LogP contribution in [0, 0.1) is 0 Å². The summed E-state index contributed by atoms with van der Waals surface area (Å²) in [5.74, 6) is -0.951. The molecule has 0 spiro atoms. The van der Waals surface area contributed by atoms with Crippen LogP contribution in [0.1, 0.15) is 17.3 Å². The highest BCUT2D eigenvalue weighted by molar-refractivity contribution is 7.89. The van der Waals surface area contributed by atoms with Gasteiger partial charge in [-0.05, 0) is 67.7 Å². The summed E-state index contributed by atoms with van der Waals surface area (Å²) in [5, 5.41) is 43.6. The van der Waals surface area contributed by atoms with E-state index in [1.807, 2.05) is 0 Å². The third-order valence-corrected chi connectivity index (χ3v) is 6.29. The molecular weight excluding hydrogens is 500 g/mol. The Labute approximate surface area is 206 Å². The van der Waals surface area contributed by atoms with Crippen molar-refractivity contribution in [2.75, 3.05) is 10.6 Å². The largest absolute Gasteiger partial charge is 0.387 e. The topological polar surface area (TPSA) is 200 Å². The fraction of sp³-hybridized carbons (Fsp3) is 0.286. The molecule has 1 aliphatic heterocycles. The van der Waals surface area contributed by atoms with E-state index in [-0.39, 0.29) is 15.8 Å². The first-order valence-corrected chi connectivity index (χ1v) is 12.1. The van der Waals surface area contributed by atoms with E-state index in [9.17, 15) is 33.3 Å². The van der Waals surface area contributed by atoms with Gasteiger partial charge in [0.2, 0.25) is 10.0 Å². The van der Waals surface area contributed by atoms with Gasteiger partial charge in [-0.25, -0.2) is 13.6 Å². The van der Waals surface area contributed by atoms with Crippen LogP contribution in [-0.4, -0.2) is 71.2 Å². The summed E-state index contributed by atoms with van der Waals surface area (Å²) in [4.78, 5) is 24.0. The molecule has 1 fully saturated rings. The Morgan fingerprint density at radius 3 is 2.00 bits per heavy atom. The molecule has 0 bridgehead atoms. The van der Waals surface area contributed by atoms with Gasteiger partial charge in [0, 0.05) is 16.9 Å². The van der Waals surface area contributed by atoms with Gasteiger partial charge in [0.25, 0.3) is 5.91 Å². The van der Waals surface area contributed by atoms with E-state index in [4.69, 9.17) is 22.1 Å². The number of sulfonamides is 1. The second-order valence-electron chi connectivity index (χ2n) is 7.74. The maximum absolute atomic E-state index is 12.7. The van der Waals surface area contributed by atoms with Gasteiger partial charge in [0.15, 0.2) is 23.2 Å². The minimum atomic E-state index is -3.87. The summed E-state index contributed by atoms with van der Waals surface area (Å²) in [6, 6.07) is 11.3. The summed E-state index contributed by atoms with van der Waals surface area (Å²) in [6.07, 6.45) is -8.09. The lowest BCUT2D eigenvalue weighted by Crippen LogP contribution is -2.65. The van der Waals surface area contributed by atoms with Crippen molar-refractivity contribution in [3.05, 3.63) is 54.1 Å². The van der Waals surface area contributed by atoms with E-state index in [1.165, 1.54) is 55.5 Å². The number of primary sulfonamides is 1. The number of carbonyl (C=O) groups is 2. The van der Waals surface area contributed by atoms with E-state index in [1.54, 1.807) is 0 Å². The van der Waals surface area contributed by atoms with Crippen LogP contribution in [0.5, 0.6) is 0 Å². The number of hydrogen-bond acceptors (Lipinski definition) is 9. The number of rotatable bonds is 6. The number of aliphatic hydroxyl groups excluding tert-OH is 3. The third kappa shape index (κ3) is 6.58. The van der Waals surface area contributed by atoms with Crippen LogP contribution in [0.4, 0.5) is 11.4 Å². The molecule has 0 unspecified atom stereocenters. The summed E-state index contributed by atoms with van der Waals surface area (Å²) in [6.45, 7) is 1.40. The Morgan fingerprint density at radius 1 is 0.914 bits per heavy atom. The molecule has 12 nitrogen and oxygen atoms in total. The Balaban J connectivity index is 1.65. The normalized spacial score (nSPS) is 24.3. The predicted octanol–water partition coefficient (Wildman–Crippen LogP) is -0.731. The van der Waals surface area contributed by atoms with Gasteiger partial charge in [-0.2, -0.15) is 0 Å². The number of benzene rings is 2. The average molecular weight is 525 g/mol. The first-order chi connectivity index (χ1) is 16.4. The molecule has 188 valence electrons. The number of carbonyl (C=O) groups excluding carboxylic acids is 2. The minimum absolute atomic E-state index is 0.0834. The molecule has 0 aliphatic carbocycles. The van der Waals surface area contributed by atoms with E-state index in [2.05, 4.69) is 16.0 Å². The second-order valence-corrected chi connectivity index (χ2v) is 9.71. The molecular formula is C21H24N4O8S2. The predicted molar refractivity (Wildman–Crippen MR) is 129 cm³/mol. The summed E-state index contributed by atoms with van der Waals surface area (Å²) >= 11 is 5.16. The number of thiocarbonyl (C=S) groups is 1. The summed E-state index contributed by atoms with van der Waals surface area (Å²) in [7, 11) is -3.87. The first kappa shape index (κ1) is 26.6. The van der Waals surface area contributed by atoms with Gasteiger partial charge < -0.3 is 36.0 Å². The smallest absolute Gasteiger partial charge is 0.256 e. The van der Waals surface area contributed by atoms with E-state index >= 15 is 0 Å². The second kappa shape index (κ2) is 10.7. The molecule has 2 aromatic carbocycles. The van der Waals surface area contributed by atoms with Crippen molar-refractivity contribution in [1.29, 1.82) is 0 Å². The van der Waals surface area contributed by atoms with Gasteiger partial charge in [-0.3, -0.25) is 9.59 Å². The maximum atomic E-state index is 12.7. The van der Waals surface area contributed by atoms with Crippen molar-refractivity contribution in [2.24, 2.45) is 5.14 Å². The number of nitrogens with one attached hydrogen (secondary N) is 3. The fourth-order valence-corrected chi connectivity index (χ4v) is 3.99. The SMILES string of the molecule is CC(=O)c1ccc(NC(=O)[C@H]2O[C@@H](NC(=S)Nc3ccc(S(N)(=O)=O)cc3)[C@H](O)[C@@H](O)[C@@H]2O)cc1. The third-order valence-electron chi connectivity index (χ3n) is 5.14. The molecule has 0 radical (unpaired) electrons. The van der Waals surface area contributed by atoms with Crippen molar-refractivity contribution < 1.29 is 38.1 Å². The Morgan fingerprint density at radius 2 is 1.46 bits per heavy atom. The number of ketones is 1. The highest BCUT2D eigenvalue weighted by atomic mass is 32.2. The van der Waals surface area contributed by atoms with Crippen LogP contribution < -0.4 is 21.1 Å². The lowest BCUT2D eigenvalue weighted by molar-refractivity contribution is -0.221. The zero-order valence-corrected chi connectivity index (χ0v) is 19.9. The molecule has 1 heterocycles. The molecule has 2 aromatic rings. The van der Waals surface area contributed by atoms with Crippen molar-refractivity contribution in [3.63, 3.8) is 0 Å². The van der Waals surface area contributed by atoms with Gasteiger partial charge in [-0.1, -0.05) is 0 Å². The lowest BCUT2D eigenvalue weighted by atomic mass is 9.97. The van der Waals surface area contributed by atoms with Crippen LogP contribution >= 0.6 is 12.2 Å². The Kier molecular flexibility index (Phi) is 8.17. The number of nitrogens with two attached hydrogens (primary N) is 1. The highest BCUT2D eigenvalue weighted by Crippen LogP contribution is 2.22. The standard InChI is InChI=1S/C21H24N4O8S2/c1-10(26)11-2-4-12(5-3-11)23-19(30)18-16(28)15(27)17(29)20(33-18)25-21(34)24-13-6-8-14(9-7-13)35(22,31)32/h2-9,15-18,20,27-29H,1H3,(H,23,30)(H2,22,31,32)(H2,24,25,34)/t15-,16-,17+,18-,20+/m0/s1. The van der Waals surface area contributed by atoms with Gasteiger partial charge in [0.1, 0.15) is 18.3 Å². The molecule has 1 saturated heterocycles. The Bertz CT molecular complexity index is 1200. The van der Waals surface area contributed by atoms with E-state index in [0.29, 0.717) is 16.9 Å². The average Bonchev–Trinajstić information content (AvgIpc) is 2.79. The van der Waals surface area contributed by atoms with Crippen LogP contribution in [0.2, 0.25) is 0 Å². The lowest BCUT2D eigenvalue weighted by Gasteiger charge is -2.40. The number of ether oxygens (including phenoxy) is 1. The number of amides is 1. The van der Waals surface area contributed by atoms with Gasteiger partial charge in [0.05, 0.1) is 4.90 Å². The molecule has 1 amide bonds. The monoisotopic (exact) mass is 524 g/mol. The van der Waals surface area contributed by atoms with Gasteiger partial charge >= 0.3 is 0 Å². The van der Waals surface area contributed by atoms with Crippen LogP contribution in [-0.2, 0) is 19.6 Å². The van der Waals surface area contributed by atoms with E-state index in [0.717, 1.165) is 0 Å². The molecule has 14 heteroatoms. The number of anilines is 2. The zero-order valence-electron chi connectivity index (χ0n) is 18.3. The fourth-order valence-electron chi connectivity index (χ4n) is 3.24. The molecule has 1 aliphatic rings. The van der Waals surface area contributed by atoms with Crippen LogP contribution in [0.15, 0.2) is 53.4 Å². The van der Waals surface area contributed by atoms with Crippen molar-refractivity contribution in [2.45, 2.75) is 42.5 Å². The Hall–Kier alpha value is -2.98. The molecule has 0 saturated carbocycles. The molecule has 0 aromatic heterocycles. The zero-order chi connectivity index (χ0) is 25.9. The number of aliphatic hydroxyl groups is 3. The number of Topliss-reactive ketones (excluding diaryl/α,β-unsaturated/α-hetero) is 1. The first-order valence-electron chi connectivity index (χ1n) is 10.2. The molecule has 3 rings (SSSR count). The molecule has 8 N–H and O–H groups in total. The summed E-state index contributed by atoms with van der Waals surface area (Å²) < 4.78 is 28.2. The summed E-state index contributed by atoms with van der Waals surface area (Å²) in [5.41, 5.74) is 1.14. The van der Waals surface area contributed by atoms with Gasteiger partial charge in [-0.15, -0.1) is 0 Å². The van der Waals surface area contributed by atoms with Crippen molar-refractivity contribution in [1.82, 2.24) is 5.32 Å². The maximum Gasteiger partial charge on any atom is 0.256 e. The van der Waals surface area contributed by atoms with E-state index < -0.39 is 46.6 Å². The quantitative estimate of drug-likeness (QED) is 0.186. The molecule has 35 heavy (non-hydrogen) atoms. The van der Waals surface area contributed by atoms with Crippen LogP contribution in [0.25, 0.3) is 0 Å². The van der Waals surface area contributed by atoms with Crippen molar-refractivity contribution >= 4 is 50.4 Å². The van der Waals surface area contributed by atoms with Crippen LogP contribution in [0.3, 0.4) is 0 Å².